The van der Waals surface area contributed by atoms with Crippen LogP contribution >= 0.6 is 0 Å². The summed E-state index contributed by atoms with van der Waals surface area (Å²) in [6, 6.07) is 25.3. The van der Waals surface area contributed by atoms with Gasteiger partial charge in [0.2, 0.25) is 0 Å². The molecule has 4 aromatic carbocycles. The topological polar surface area (TPSA) is 132 Å². The molecule has 0 aliphatic rings. The Labute approximate surface area is 227 Å². The molecule has 0 spiro atoms. The summed E-state index contributed by atoms with van der Waals surface area (Å²) in [4.78, 5) is 0. The Kier molecular flexibility index (Phi) is 8.73. The van der Waals surface area contributed by atoms with Crippen molar-refractivity contribution < 1.29 is 35.0 Å². The van der Waals surface area contributed by atoms with Gasteiger partial charge in [0.25, 0.3) is 0 Å². The van der Waals surface area contributed by atoms with Gasteiger partial charge in [-0.3, -0.25) is 0 Å². The minimum absolute atomic E-state index is 0.00472. The molecular weight excluding hydrogens is 498 g/mol. The molecule has 0 fully saturated rings. The lowest BCUT2D eigenvalue weighted by Crippen LogP contribution is -2.51. The number of likely N-dealkylation sites (N-methyl/N-ethyl adjacent to an activating group) is 1. The lowest BCUT2D eigenvalue weighted by molar-refractivity contribution is -0.113. The van der Waals surface area contributed by atoms with E-state index in [9.17, 15) is 20.4 Å². The summed E-state index contributed by atoms with van der Waals surface area (Å²) in [7, 11) is 1.83. The lowest BCUT2D eigenvalue weighted by atomic mass is 9.66. The van der Waals surface area contributed by atoms with Crippen LogP contribution in [0.25, 0.3) is 0 Å². The van der Waals surface area contributed by atoms with Crippen LogP contribution in [0.3, 0.4) is 0 Å². The first kappa shape index (κ1) is 27.9. The summed E-state index contributed by atoms with van der Waals surface area (Å²) in [5.41, 5.74) is -2.81. The molecule has 0 unspecified atom stereocenters. The number of aliphatic hydroxyl groups is 3. The van der Waals surface area contributed by atoms with E-state index in [1.165, 1.54) is 24.3 Å². The maximum Gasteiger partial charge on any atom is 0.152 e. The van der Waals surface area contributed by atoms with Crippen molar-refractivity contribution in [2.24, 2.45) is 0 Å². The van der Waals surface area contributed by atoms with Crippen LogP contribution in [0.5, 0.6) is 23.0 Å². The van der Waals surface area contributed by atoms with Gasteiger partial charge in [-0.2, -0.15) is 0 Å². The highest BCUT2D eigenvalue weighted by molar-refractivity contribution is 5.53. The highest BCUT2D eigenvalue weighted by atomic mass is 16.5. The van der Waals surface area contributed by atoms with Crippen molar-refractivity contribution >= 4 is 0 Å². The van der Waals surface area contributed by atoms with Crippen LogP contribution in [-0.4, -0.2) is 58.9 Å². The quantitative estimate of drug-likeness (QED) is 0.154. The molecule has 0 aliphatic carbocycles. The molecular formula is C31H33NO7. The Balaban J connectivity index is 1.92. The van der Waals surface area contributed by atoms with E-state index < -0.39 is 11.2 Å². The monoisotopic (exact) mass is 531 g/mol. The van der Waals surface area contributed by atoms with Crippen LogP contribution in [0.4, 0.5) is 0 Å². The van der Waals surface area contributed by atoms with Gasteiger partial charge in [-0.15, -0.1) is 0 Å². The van der Waals surface area contributed by atoms with Gasteiger partial charge in [0.05, 0.1) is 6.61 Å². The summed E-state index contributed by atoms with van der Waals surface area (Å²) >= 11 is 0. The zero-order valence-electron chi connectivity index (χ0n) is 21.6. The first-order valence-electron chi connectivity index (χ1n) is 12.6. The van der Waals surface area contributed by atoms with Gasteiger partial charge in [0, 0.05) is 6.54 Å². The first-order chi connectivity index (χ1) is 18.8. The van der Waals surface area contributed by atoms with Crippen molar-refractivity contribution in [3.8, 4) is 23.0 Å². The molecule has 8 heteroatoms. The molecule has 0 saturated carbocycles. The average Bonchev–Trinajstić information content (AvgIpc) is 2.97. The molecule has 204 valence electrons. The molecule has 0 radical (unpaired) electrons. The fraction of sp³-hybridized carbons (Fsp3) is 0.226. The van der Waals surface area contributed by atoms with Crippen LogP contribution in [0.15, 0.2) is 97.1 Å². The highest BCUT2D eigenvalue weighted by Crippen LogP contribution is 2.50. The third kappa shape index (κ3) is 5.69. The highest BCUT2D eigenvalue weighted by Gasteiger charge is 2.54. The summed E-state index contributed by atoms with van der Waals surface area (Å²) in [6.07, 6.45) is 0. The first-order valence-corrected chi connectivity index (χ1v) is 12.6. The molecule has 0 heterocycles. The largest absolute Gasteiger partial charge is 0.508 e. The van der Waals surface area contributed by atoms with Gasteiger partial charge in [-0.05, 0) is 77.8 Å². The standard InChI is InChI=1S/C31H33NO7/c1-32-18-20-38-28-14-6-24(7-15-28)30(36,22-2-10-26(34)11-3-22)31(37,23-4-12-27(35)13-5-23)25-8-16-29(17-9-25)39-21-19-33/h2-17,32-37H,18-21H2,1H3/t30-,31-/m1/s1. The Bertz CT molecular complexity index is 1330. The molecule has 0 amide bonds. The SMILES string of the molecule is CNCCOc1ccc([C@](O)(c2ccc(O)cc2)[C@@](O)(c2ccc(O)cc2)c2ccc(OCCO)cc2)cc1. The number of hydrogen-bond donors (Lipinski definition) is 6. The van der Waals surface area contributed by atoms with Crippen LogP contribution < -0.4 is 14.8 Å². The molecule has 2 atom stereocenters. The zero-order valence-corrected chi connectivity index (χ0v) is 21.6. The number of benzene rings is 4. The Morgan fingerprint density at radius 3 is 1.23 bits per heavy atom. The molecule has 39 heavy (non-hydrogen) atoms. The van der Waals surface area contributed by atoms with Gasteiger partial charge in [0.15, 0.2) is 11.2 Å². The van der Waals surface area contributed by atoms with E-state index in [2.05, 4.69) is 5.32 Å². The number of aliphatic hydroxyl groups excluding tert-OH is 1. The maximum absolute atomic E-state index is 12.7. The number of phenolic OH excluding ortho intramolecular Hbond substituents is 2. The second-order valence-corrected chi connectivity index (χ2v) is 9.09. The predicted octanol–water partition coefficient (Wildman–Crippen LogP) is 3.24. The minimum Gasteiger partial charge on any atom is -0.508 e. The molecule has 6 N–H and O–H groups in total. The second-order valence-electron chi connectivity index (χ2n) is 9.09. The summed E-state index contributed by atoms with van der Waals surface area (Å²) in [5.74, 6) is 1.09. The van der Waals surface area contributed by atoms with Crippen molar-refractivity contribution in [1.82, 2.24) is 5.32 Å². The van der Waals surface area contributed by atoms with Crippen molar-refractivity contribution in [2.75, 3.05) is 33.4 Å². The Hall–Kier alpha value is -4.08. The number of aromatic hydroxyl groups is 2. The summed E-state index contributed by atoms with van der Waals surface area (Å²) in [6.45, 7) is 1.09. The van der Waals surface area contributed by atoms with Crippen molar-refractivity contribution in [2.45, 2.75) is 11.2 Å². The van der Waals surface area contributed by atoms with Crippen LogP contribution in [0.2, 0.25) is 0 Å². The van der Waals surface area contributed by atoms with E-state index in [0.717, 1.165) is 0 Å². The zero-order chi connectivity index (χ0) is 27.9. The summed E-state index contributed by atoms with van der Waals surface area (Å²) < 4.78 is 11.2. The number of hydrogen-bond acceptors (Lipinski definition) is 8. The van der Waals surface area contributed by atoms with Gasteiger partial charge < -0.3 is 40.3 Å². The Morgan fingerprint density at radius 2 is 0.897 bits per heavy atom. The fourth-order valence-corrected chi connectivity index (χ4v) is 4.59. The third-order valence-electron chi connectivity index (χ3n) is 6.62. The van der Waals surface area contributed by atoms with Crippen molar-refractivity contribution in [1.29, 1.82) is 0 Å². The van der Waals surface area contributed by atoms with Crippen LogP contribution in [0.1, 0.15) is 22.3 Å². The van der Waals surface area contributed by atoms with Crippen LogP contribution in [-0.2, 0) is 11.2 Å². The number of phenols is 2. The van der Waals surface area contributed by atoms with Gasteiger partial charge in [-0.25, -0.2) is 0 Å². The van der Waals surface area contributed by atoms with Crippen molar-refractivity contribution in [3.05, 3.63) is 119 Å². The van der Waals surface area contributed by atoms with Gasteiger partial charge >= 0.3 is 0 Å². The van der Waals surface area contributed by atoms with Crippen LogP contribution in [0, 0.1) is 0 Å². The van der Waals surface area contributed by atoms with Gasteiger partial charge in [0.1, 0.15) is 36.2 Å². The lowest BCUT2D eigenvalue weighted by Gasteiger charge is -2.45. The van der Waals surface area contributed by atoms with E-state index in [4.69, 9.17) is 14.6 Å². The predicted molar refractivity (Wildman–Crippen MR) is 147 cm³/mol. The normalized spacial score (nSPS) is 14.3. The van der Waals surface area contributed by atoms with E-state index in [0.29, 0.717) is 46.9 Å². The van der Waals surface area contributed by atoms with E-state index in [1.807, 2.05) is 7.05 Å². The number of nitrogens with one attached hydrogen (secondary N) is 1. The van der Waals surface area contributed by atoms with E-state index >= 15 is 0 Å². The van der Waals surface area contributed by atoms with Crippen molar-refractivity contribution in [3.63, 3.8) is 0 Å². The number of ether oxygens (including phenoxy) is 2. The van der Waals surface area contributed by atoms with E-state index in [1.54, 1.807) is 72.8 Å². The second kappa shape index (κ2) is 12.2. The van der Waals surface area contributed by atoms with Gasteiger partial charge in [-0.1, -0.05) is 48.5 Å². The number of rotatable bonds is 12. The molecule has 4 rings (SSSR count). The molecule has 4 aromatic rings. The fourth-order valence-electron chi connectivity index (χ4n) is 4.59. The summed E-state index contributed by atoms with van der Waals surface area (Å²) in [5, 5.41) is 57.5. The molecule has 0 saturated heterocycles. The molecule has 8 nitrogen and oxygen atoms in total. The van der Waals surface area contributed by atoms with E-state index in [-0.39, 0.29) is 24.7 Å². The third-order valence-corrected chi connectivity index (χ3v) is 6.62. The molecule has 0 aliphatic heterocycles. The Morgan fingerprint density at radius 1 is 0.564 bits per heavy atom. The average molecular weight is 532 g/mol. The smallest absolute Gasteiger partial charge is 0.152 e. The maximum atomic E-state index is 12.7. The molecule has 0 aromatic heterocycles. The molecule has 0 bridgehead atoms. The minimum atomic E-state index is -2.08.